The molecule has 0 aliphatic heterocycles. The van der Waals surface area contributed by atoms with Crippen molar-refractivity contribution in [2.45, 2.75) is 25.5 Å². The number of rotatable bonds is 8. The van der Waals surface area contributed by atoms with E-state index in [-0.39, 0.29) is 17.6 Å². The van der Waals surface area contributed by atoms with Crippen molar-refractivity contribution in [2.24, 2.45) is 0 Å². The number of carbonyl (C=O) groups is 1. The Morgan fingerprint density at radius 1 is 1.24 bits per heavy atom. The molecule has 0 fully saturated rings. The number of thioether (sulfide) groups is 1. The third-order valence-corrected chi connectivity index (χ3v) is 5.96. The summed E-state index contributed by atoms with van der Waals surface area (Å²) in [7, 11) is 1.53. The number of hydrogen-bond donors (Lipinski definition) is 1. The average molecular weight is 485 g/mol. The number of nitrogens with one attached hydrogen (secondary N) is 1. The molecule has 170 valence electrons. The zero-order chi connectivity index (χ0) is 23.4. The molecule has 0 radical (unpaired) electrons. The Balaban J connectivity index is 1.45. The SMILES string of the molecule is CCn1c(SCC(=O)Nc2ccc(OC)c(Cl)c2)nnc1-c1nc(-c2cccc(C)c2)no1. The van der Waals surface area contributed by atoms with Gasteiger partial charge in [0.1, 0.15) is 5.75 Å². The highest BCUT2D eigenvalue weighted by Gasteiger charge is 2.20. The van der Waals surface area contributed by atoms with Crippen LogP contribution in [-0.4, -0.2) is 43.7 Å². The van der Waals surface area contributed by atoms with Crippen LogP contribution in [-0.2, 0) is 11.3 Å². The largest absolute Gasteiger partial charge is 0.495 e. The maximum absolute atomic E-state index is 12.4. The molecule has 11 heteroatoms. The van der Waals surface area contributed by atoms with Crippen molar-refractivity contribution in [3.8, 4) is 28.9 Å². The van der Waals surface area contributed by atoms with Crippen LogP contribution < -0.4 is 10.1 Å². The van der Waals surface area contributed by atoms with Crippen molar-refractivity contribution >= 4 is 35.0 Å². The second-order valence-electron chi connectivity index (χ2n) is 7.03. The van der Waals surface area contributed by atoms with Crippen molar-refractivity contribution in [3.63, 3.8) is 0 Å². The molecule has 0 spiro atoms. The van der Waals surface area contributed by atoms with Gasteiger partial charge >= 0.3 is 0 Å². The van der Waals surface area contributed by atoms with Crippen molar-refractivity contribution in [2.75, 3.05) is 18.2 Å². The van der Waals surface area contributed by atoms with Crippen LogP contribution in [0.1, 0.15) is 12.5 Å². The number of aryl methyl sites for hydroxylation is 1. The molecule has 9 nitrogen and oxygen atoms in total. The van der Waals surface area contributed by atoms with E-state index >= 15 is 0 Å². The topological polar surface area (TPSA) is 108 Å². The summed E-state index contributed by atoms with van der Waals surface area (Å²) < 4.78 is 12.4. The first-order chi connectivity index (χ1) is 16.0. The maximum Gasteiger partial charge on any atom is 0.296 e. The predicted molar refractivity (Wildman–Crippen MR) is 127 cm³/mol. The molecular formula is C22H21ClN6O3S. The van der Waals surface area contributed by atoms with Gasteiger partial charge in [-0.05, 0) is 38.1 Å². The van der Waals surface area contributed by atoms with Crippen molar-refractivity contribution in [1.29, 1.82) is 0 Å². The minimum atomic E-state index is -0.201. The third kappa shape index (κ3) is 5.18. The second kappa shape index (κ2) is 10.1. The number of carbonyl (C=O) groups excluding carboxylic acids is 1. The summed E-state index contributed by atoms with van der Waals surface area (Å²) >= 11 is 7.37. The molecule has 2 aromatic carbocycles. The van der Waals surface area contributed by atoms with Gasteiger partial charge < -0.3 is 14.6 Å². The Hall–Kier alpha value is -3.37. The molecule has 1 amide bonds. The monoisotopic (exact) mass is 484 g/mol. The van der Waals surface area contributed by atoms with Gasteiger partial charge in [-0.3, -0.25) is 9.36 Å². The molecule has 0 unspecified atom stereocenters. The van der Waals surface area contributed by atoms with Crippen LogP contribution in [0.15, 0.2) is 52.1 Å². The minimum absolute atomic E-state index is 0.139. The Morgan fingerprint density at radius 2 is 2.09 bits per heavy atom. The molecule has 4 rings (SSSR count). The lowest BCUT2D eigenvalue weighted by Crippen LogP contribution is -2.14. The van der Waals surface area contributed by atoms with E-state index in [1.807, 2.05) is 42.7 Å². The summed E-state index contributed by atoms with van der Waals surface area (Å²) in [6.45, 7) is 4.53. The van der Waals surface area contributed by atoms with E-state index in [0.717, 1.165) is 11.1 Å². The van der Waals surface area contributed by atoms with E-state index in [1.54, 1.807) is 18.2 Å². The molecule has 4 aromatic rings. The number of methoxy groups -OCH3 is 1. The Labute approximate surface area is 199 Å². The Kier molecular flexibility index (Phi) is 6.95. The summed E-state index contributed by atoms with van der Waals surface area (Å²) in [5.74, 6) is 1.68. The van der Waals surface area contributed by atoms with Crippen molar-refractivity contribution in [3.05, 3.63) is 53.1 Å². The lowest BCUT2D eigenvalue weighted by Gasteiger charge is -2.08. The summed E-state index contributed by atoms with van der Waals surface area (Å²) in [6.07, 6.45) is 0. The quantitative estimate of drug-likeness (QED) is 0.358. The summed E-state index contributed by atoms with van der Waals surface area (Å²) in [6, 6.07) is 12.9. The first kappa shape index (κ1) is 22.8. The maximum atomic E-state index is 12.4. The lowest BCUT2D eigenvalue weighted by molar-refractivity contribution is -0.113. The standard InChI is InChI=1S/C22H21ClN6O3S/c1-4-29-20(21-25-19(28-32-21)14-7-5-6-13(2)10-14)26-27-22(29)33-12-18(30)24-15-8-9-17(31-3)16(23)11-15/h5-11H,4,12H2,1-3H3,(H,24,30). The Morgan fingerprint density at radius 3 is 2.82 bits per heavy atom. The van der Waals surface area contributed by atoms with Gasteiger partial charge in [-0.1, -0.05) is 52.3 Å². The first-order valence-corrected chi connectivity index (χ1v) is 11.5. The number of aromatic nitrogens is 5. The van der Waals surface area contributed by atoms with Gasteiger partial charge in [0.05, 0.1) is 17.9 Å². The number of halogens is 1. The number of hydrogen-bond acceptors (Lipinski definition) is 8. The van der Waals surface area contributed by atoms with E-state index < -0.39 is 0 Å². The van der Waals surface area contributed by atoms with Crippen LogP contribution in [0.2, 0.25) is 5.02 Å². The summed E-state index contributed by atoms with van der Waals surface area (Å²) in [5, 5.41) is 16.3. The molecule has 0 bridgehead atoms. The summed E-state index contributed by atoms with van der Waals surface area (Å²) in [4.78, 5) is 16.9. The fraction of sp³-hybridized carbons (Fsp3) is 0.227. The highest BCUT2D eigenvalue weighted by atomic mass is 35.5. The lowest BCUT2D eigenvalue weighted by atomic mass is 10.1. The summed E-state index contributed by atoms with van der Waals surface area (Å²) in [5.41, 5.74) is 2.54. The van der Waals surface area contributed by atoms with Crippen LogP contribution in [0, 0.1) is 6.92 Å². The molecule has 0 saturated carbocycles. The van der Waals surface area contributed by atoms with Crippen LogP contribution in [0.5, 0.6) is 5.75 Å². The molecule has 33 heavy (non-hydrogen) atoms. The smallest absolute Gasteiger partial charge is 0.296 e. The van der Waals surface area contributed by atoms with E-state index in [2.05, 4.69) is 25.7 Å². The zero-order valence-corrected chi connectivity index (χ0v) is 19.8. The van der Waals surface area contributed by atoms with Crippen LogP contribution in [0.3, 0.4) is 0 Å². The third-order valence-electron chi connectivity index (χ3n) is 4.69. The average Bonchev–Trinajstić information content (AvgIpc) is 3.44. The van der Waals surface area contributed by atoms with Gasteiger partial charge in [0, 0.05) is 17.8 Å². The van der Waals surface area contributed by atoms with E-state index in [4.69, 9.17) is 20.9 Å². The van der Waals surface area contributed by atoms with Crippen LogP contribution in [0.25, 0.3) is 23.1 Å². The van der Waals surface area contributed by atoms with Crippen molar-refractivity contribution < 1.29 is 14.1 Å². The highest BCUT2D eigenvalue weighted by Crippen LogP contribution is 2.28. The van der Waals surface area contributed by atoms with E-state index in [9.17, 15) is 4.79 Å². The first-order valence-electron chi connectivity index (χ1n) is 10.1. The predicted octanol–water partition coefficient (Wildman–Crippen LogP) is 4.72. The molecule has 0 aliphatic rings. The van der Waals surface area contributed by atoms with Gasteiger partial charge in [0.15, 0.2) is 5.16 Å². The van der Waals surface area contributed by atoms with Gasteiger partial charge in [-0.25, -0.2) is 0 Å². The number of ether oxygens (including phenoxy) is 1. The van der Waals surface area contributed by atoms with Gasteiger partial charge in [-0.2, -0.15) is 4.98 Å². The second-order valence-corrected chi connectivity index (χ2v) is 8.38. The van der Waals surface area contributed by atoms with E-state index in [0.29, 0.717) is 39.8 Å². The van der Waals surface area contributed by atoms with Gasteiger partial charge in [-0.15, -0.1) is 10.2 Å². The number of amides is 1. The number of benzene rings is 2. The molecule has 0 atom stereocenters. The van der Waals surface area contributed by atoms with Crippen molar-refractivity contribution in [1.82, 2.24) is 24.9 Å². The minimum Gasteiger partial charge on any atom is -0.495 e. The molecule has 2 heterocycles. The Bertz CT molecular complexity index is 1290. The zero-order valence-electron chi connectivity index (χ0n) is 18.2. The van der Waals surface area contributed by atoms with Crippen LogP contribution in [0.4, 0.5) is 5.69 Å². The molecule has 0 aliphatic carbocycles. The number of anilines is 1. The van der Waals surface area contributed by atoms with Gasteiger partial charge in [0.25, 0.3) is 5.89 Å². The normalized spacial score (nSPS) is 10.9. The van der Waals surface area contributed by atoms with E-state index in [1.165, 1.54) is 18.9 Å². The molecular weight excluding hydrogens is 464 g/mol. The van der Waals surface area contributed by atoms with Gasteiger partial charge in [0.2, 0.25) is 17.6 Å². The fourth-order valence-electron chi connectivity index (χ4n) is 3.13. The van der Waals surface area contributed by atoms with Crippen LogP contribution >= 0.6 is 23.4 Å². The number of nitrogens with zero attached hydrogens (tertiary/aromatic N) is 5. The molecule has 1 N–H and O–H groups in total. The molecule has 2 aromatic heterocycles. The fourth-order valence-corrected chi connectivity index (χ4v) is 4.19. The highest BCUT2D eigenvalue weighted by molar-refractivity contribution is 7.99. The molecule has 0 saturated heterocycles.